The van der Waals surface area contributed by atoms with Crippen molar-refractivity contribution in [2.24, 2.45) is 7.05 Å². The Hall–Kier alpha value is -1.98. The molecule has 16 heavy (non-hydrogen) atoms. The topological polar surface area (TPSA) is 76.7 Å². The third-order valence-electron chi connectivity index (χ3n) is 2.65. The molecule has 0 aromatic carbocycles. The molecule has 0 aromatic rings. The van der Waals surface area contributed by atoms with Crippen molar-refractivity contribution in [3.63, 3.8) is 0 Å². The van der Waals surface area contributed by atoms with Gasteiger partial charge in [0, 0.05) is 12.7 Å². The fourth-order valence-electron chi connectivity index (χ4n) is 1.55. The van der Waals surface area contributed by atoms with Crippen LogP contribution in [0.5, 0.6) is 5.88 Å². The van der Waals surface area contributed by atoms with Gasteiger partial charge in [-0.05, 0) is 13.8 Å². The Morgan fingerprint density at radius 3 is 2.50 bits per heavy atom. The molecule has 2 rings (SSSR count). The minimum Gasteiger partial charge on any atom is -0.479 e. The van der Waals surface area contributed by atoms with Gasteiger partial charge >= 0.3 is 0 Å². The molecule has 1 N–H and O–H groups in total. The molecule has 0 atom stereocenters. The van der Waals surface area contributed by atoms with Crippen LogP contribution in [-0.4, -0.2) is 26.6 Å². The average molecular weight is 219 g/mol. The second-order valence-corrected chi connectivity index (χ2v) is 3.57. The first-order valence-corrected chi connectivity index (χ1v) is 4.85. The molecule has 0 fully saturated rings. The number of nitrogens with zero attached hydrogens (tertiary/aromatic N) is 4. The van der Waals surface area contributed by atoms with Crippen LogP contribution in [0.3, 0.4) is 0 Å². The van der Waals surface area contributed by atoms with Gasteiger partial charge in [-0.3, -0.25) is 5.41 Å². The van der Waals surface area contributed by atoms with Crippen LogP contribution in [0.1, 0.15) is 11.4 Å². The van der Waals surface area contributed by atoms with Crippen molar-refractivity contribution >= 4 is 0 Å². The highest BCUT2D eigenvalue weighted by molar-refractivity contribution is 5.58. The summed E-state index contributed by atoms with van der Waals surface area (Å²) in [5.74, 6) is 0.952. The molecule has 6 nitrogen and oxygen atoms in total. The van der Waals surface area contributed by atoms with Crippen LogP contribution < -0.4 is 10.4 Å². The van der Waals surface area contributed by atoms with Crippen molar-refractivity contribution in [3.8, 4) is 17.4 Å². The van der Waals surface area contributed by atoms with E-state index >= 15 is 0 Å². The molecule has 0 saturated carbocycles. The van der Waals surface area contributed by atoms with E-state index in [0.717, 1.165) is 11.4 Å². The van der Waals surface area contributed by atoms with Crippen LogP contribution in [0.2, 0.25) is 0 Å². The number of fused-ring (bicyclic) bond motifs is 1. The van der Waals surface area contributed by atoms with Gasteiger partial charge in [0.15, 0.2) is 11.5 Å². The Balaban J connectivity index is 2.93. The zero-order valence-electron chi connectivity index (χ0n) is 9.70. The first-order valence-electron chi connectivity index (χ1n) is 4.85. The monoisotopic (exact) mass is 219 g/mol. The number of hydrogen-bond acceptors (Lipinski definition) is 5. The van der Waals surface area contributed by atoms with E-state index in [2.05, 4.69) is 15.0 Å². The SMILES string of the molecule is COc1nc(=N)nc2n(C)c(C)c(C)nc1-2. The lowest BCUT2D eigenvalue weighted by Gasteiger charge is -2.16. The second kappa shape index (κ2) is 3.55. The van der Waals surface area contributed by atoms with Crippen LogP contribution in [0.15, 0.2) is 0 Å². The van der Waals surface area contributed by atoms with Gasteiger partial charge in [-0.1, -0.05) is 0 Å². The van der Waals surface area contributed by atoms with Crippen molar-refractivity contribution in [2.75, 3.05) is 7.11 Å². The third-order valence-corrected chi connectivity index (χ3v) is 2.65. The maximum atomic E-state index is 7.50. The summed E-state index contributed by atoms with van der Waals surface area (Å²) in [6.07, 6.45) is 0. The number of nitrogens with one attached hydrogen (secondary N) is 1. The number of rotatable bonds is 1. The number of aryl methyl sites for hydroxylation is 1. The van der Waals surface area contributed by atoms with E-state index in [4.69, 9.17) is 10.1 Å². The molecule has 0 radical (unpaired) electrons. The van der Waals surface area contributed by atoms with Gasteiger partial charge in [-0.25, -0.2) is 4.98 Å². The summed E-state index contributed by atoms with van der Waals surface area (Å²) >= 11 is 0. The normalized spacial score (nSPS) is 10.8. The number of hydrogen-bond donors (Lipinski definition) is 1. The van der Waals surface area contributed by atoms with Crippen molar-refractivity contribution in [1.82, 2.24) is 19.5 Å². The van der Waals surface area contributed by atoms with Gasteiger partial charge in [0.2, 0.25) is 11.5 Å². The highest BCUT2D eigenvalue weighted by atomic mass is 16.5. The van der Waals surface area contributed by atoms with Gasteiger partial charge in [0.05, 0.1) is 12.8 Å². The summed E-state index contributed by atoms with van der Waals surface area (Å²) in [5.41, 5.74) is 2.43. The summed E-state index contributed by atoms with van der Waals surface area (Å²) < 4.78 is 7.00. The molecule has 0 spiro atoms. The molecular weight excluding hydrogens is 206 g/mol. The summed E-state index contributed by atoms with van der Waals surface area (Å²) in [6.45, 7) is 3.88. The van der Waals surface area contributed by atoms with Crippen molar-refractivity contribution in [3.05, 3.63) is 17.0 Å². The highest BCUT2D eigenvalue weighted by Crippen LogP contribution is 2.25. The number of methoxy groups -OCH3 is 1. The summed E-state index contributed by atoms with van der Waals surface area (Å²) in [5, 5.41) is 7.50. The largest absolute Gasteiger partial charge is 0.479 e. The fourth-order valence-corrected chi connectivity index (χ4v) is 1.55. The van der Waals surface area contributed by atoms with E-state index in [1.807, 2.05) is 25.5 Å². The van der Waals surface area contributed by atoms with Crippen molar-refractivity contribution in [1.29, 1.82) is 5.41 Å². The second-order valence-electron chi connectivity index (χ2n) is 3.57. The van der Waals surface area contributed by atoms with Gasteiger partial charge in [0.25, 0.3) is 0 Å². The van der Waals surface area contributed by atoms with E-state index in [1.54, 1.807) is 0 Å². The van der Waals surface area contributed by atoms with Crippen LogP contribution >= 0.6 is 0 Å². The van der Waals surface area contributed by atoms with Crippen LogP contribution in [-0.2, 0) is 7.05 Å². The van der Waals surface area contributed by atoms with Crippen molar-refractivity contribution in [2.45, 2.75) is 13.8 Å². The molecule has 84 valence electrons. The van der Waals surface area contributed by atoms with E-state index < -0.39 is 0 Å². The minimum absolute atomic E-state index is 0.0648. The molecule has 0 aliphatic carbocycles. The lowest BCUT2D eigenvalue weighted by atomic mass is 10.3. The first-order chi connectivity index (χ1) is 7.54. The van der Waals surface area contributed by atoms with Crippen molar-refractivity contribution < 1.29 is 4.74 Å². The average Bonchev–Trinajstić information content (AvgIpc) is 2.26. The van der Waals surface area contributed by atoms with Gasteiger partial charge in [-0.2, -0.15) is 9.97 Å². The molecule has 0 amide bonds. The maximum absolute atomic E-state index is 7.50. The standard InChI is InChI=1S/C10H13N5O/c1-5-6(2)15(3)8-7(12-5)9(16-4)14-10(11)13-8/h11H,1-4H3. The molecule has 0 saturated heterocycles. The van der Waals surface area contributed by atoms with Gasteiger partial charge in [-0.15, -0.1) is 0 Å². The maximum Gasteiger partial charge on any atom is 0.247 e. The molecule has 2 aliphatic rings. The molecule has 6 heteroatoms. The summed E-state index contributed by atoms with van der Waals surface area (Å²) in [7, 11) is 3.40. The Morgan fingerprint density at radius 2 is 1.88 bits per heavy atom. The molecule has 0 aromatic heterocycles. The summed E-state index contributed by atoms with van der Waals surface area (Å²) in [6, 6.07) is 0. The van der Waals surface area contributed by atoms with Crippen LogP contribution in [0.25, 0.3) is 11.5 Å². The fraction of sp³-hybridized carbons (Fsp3) is 0.400. The summed E-state index contributed by atoms with van der Waals surface area (Å²) in [4.78, 5) is 12.3. The Labute approximate surface area is 92.8 Å². The Bertz CT molecular complexity index is 575. The number of ether oxygens (including phenoxy) is 1. The lowest BCUT2D eigenvalue weighted by molar-refractivity contribution is 0.393. The van der Waals surface area contributed by atoms with Gasteiger partial charge < -0.3 is 9.30 Å². The van der Waals surface area contributed by atoms with E-state index in [-0.39, 0.29) is 5.62 Å². The molecule has 2 aliphatic heterocycles. The third kappa shape index (κ3) is 1.42. The lowest BCUT2D eigenvalue weighted by Crippen LogP contribution is -2.20. The predicted octanol–water partition coefficient (Wildman–Crippen LogP) is 0.420. The molecule has 0 unspecified atom stereocenters. The quantitative estimate of drug-likeness (QED) is 0.754. The smallest absolute Gasteiger partial charge is 0.247 e. The Morgan fingerprint density at radius 1 is 1.19 bits per heavy atom. The molecule has 0 bridgehead atoms. The zero-order valence-corrected chi connectivity index (χ0v) is 9.70. The Kier molecular flexibility index (Phi) is 2.34. The molecule has 2 heterocycles. The van der Waals surface area contributed by atoms with Crippen LogP contribution in [0, 0.1) is 19.3 Å². The van der Waals surface area contributed by atoms with E-state index in [1.165, 1.54) is 7.11 Å². The predicted molar refractivity (Wildman–Crippen MR) is 57.3 cm³/mol. The van der Waals surface area contributed by atoms with E-state index in [9.17, 15) is 0 Å². The van der Waals surface area contributed by atoms with E-state index in [0.29, 0.717) is 17.4 Å². The van der Waals surface area contributed by atoms with Crippen LogP contribution in [0.4, 0.5) is 0 Å². The number of aromatic nitrogens is 4. The highest BCUT2D eigenvalue weighted by Gasteiger charge is 2.18. The minimum atomic E-state index is -0.0648. The van der Waals surface area contributed by atoms with Gasteiger partial charge in [0.1, 0.15) is 0 Å². The molecular formula is C10H13N5O. The zero-order chi connectivity index (χ0) is 11.9. The first kappa shape index (κ1) is 10.5.